The van der Waals surface area contributed by atoms with E-state index in [0.29, 0.717) is 29.7 Å². The van der Waals surface area contributed by atoms with Crippen molar-refractivity contribution in [1.82, 2.24) is 19.4 Å². The number of piperidine rings is 1. The number of carbonyl (C=O) groups excluding carboxylic acids is 1. The van der Waals surface area contributed by atoms with Crippen LogP contribution in [0.1, 0.15) is 69.4 Å². The van der Waals surface area contributed by atoms with Crippen molar-refractivity contribution in [2.24, 2.45) is 0 Å². The minimum Gasteiger partial charge on any atom is -0.492 e. The van der Waals surface area contributed by atoms with Gasteiger partial charge in [0.2, 0.25) is 0 Å². The van der Waals surface area contributed by atoms with Gasteiger partial charge in [0, 0.05) is 49.9 Å². The summed E-state index contributed by atoms with van der Waals surface area (Å²) in [7, 11) is 0. The fourth-order valence-corrected chi connectivity index (χ4v) is 4.84. The Morgan fingerprint density at radius 1 is 1.25 bits per heavy atom. The first-order valence-corrected chi connectivity index (χ1v) is 11.8. The van der Waals surface area contributed by atoms with E-state index in [1.807, 2.05) is 30.5 Å². The van der Waals surface area contributed by atoms with E-state index in [2.05, 4.69) is 16.8 Å². The quantitative estimate of drug-likeness (QED) is 0.574. The molecule has 2 aliphatic rings. The number of likely N-dealkylation sites (tertiary alicyclic amines) is 2. The van der Waals surface area contributed by atoms with E-state index in [-0.39, 0.29) is 37.9 Å². The van der Waals surface area contributed by atoms with Crippen LogP contribution in [-0.2, 0) is 0 Å². The monoisotopic (exact) mass is 448 g/mol. The van der Waals surface area contributed by atoms with E-state index in [0.717, 1.165) is 18.4 Å². The first-order valence-electron chi connectivity index (χ1n) is 11.8. The second-order valence-electron chi connectivity index (χ2n) is 9.45. The van der Waals surface area contributed by atoms with Gasteiger partial charge in [-0.05, 0) is 58.7 Å². The van der Waals surface area contributed by atoms with Crippen molar-refractivity contribution in [2.45, 2.75) is 70.9 Å². The minimum absolute atomic E-state index is 0.0133. The number of aromatic nitrogens is 2. The van der Waals surface area contributed by atoms with Crippen molar-refractivity contribution in [1.29, 1.82) is 0 Å². The normalized spacial score (nSPS) is 21.6. The van der Waals surface area contributed by atoms with Gasteiger partial charge in [0.25, 0.3) is 11.8 Å². The molecule has 0 aromatic carbocycles. The number of halogens is 2. The fourth-order valence-electron chi connectivity index (χ4n) is 4.84. The molecule has 1 atom stereocenters. The second-order valence-corrected chi connectivity index (χ2v) is 9.45. The van der Waals surface area contributed by atoms with E-state index >= 15 is 0 Å². The van der Waals surface area contributed by atoms with E-state index in [9.17, 15) is 13.6 Å². The Balaban J connectivity index is 1.45. The number of pyridine rings is 1. The Kier molecular flexibility index (Phi) is 6.70. The Morgan fingerprint density at radius 3 is 2.66 bits per heavy atom. The van der Waals surface area contributed by atoms with Crippen LogP contribution in [0.4, 0.5) is 8.78 Å². The molecule has 0 spiro atoms. The molecule has 0 N–H and O–H groups in total. The summed E-state index contributed by atoms with van der Waals surface area (Å²) in [4.78, 5) is 21.8. The van der Waals surface area contributed by atoms with Crippen molar-refractivity contribution in [3.63, 3.8) is 0 Å². The molecule has 32 heavy (non-hydrogen) atoms. The first-order chi connectivity index (χ1) is 15.2. The number of hydrogen-bond acceptors (Lipinski definition) is 4. The lowest BCUT2D eigenvalue weighted by molar-refractivity contribution is -0.0495. The molecule has 1 amide bonds. The molecule has 2 aromatic rings. The third-order valence-electron chi connectivity index (χ3n) is 6.72. The molecular weight excluding hydrogens is 414 g/mol. The number of ether oxygens (including phenoxy) is 1. The molecule has 0 saturated carbocycles. The average molecular weight is 449 g/mol. The van der Waals surface area contributed by atoms with Crippen LogP contribution >= 0.6 is 0 Å². The summed E-state index contributed by atoms with van der Waals surface area (Å²) in [6, 6.07) is 4.40. The van der Waals surface area contributed by atoms with Gasteiger partial charge >= 0.3 is 0 Å². The molecule has 2 saturated heterocycles. The SMILES string of the molecule is CC(C)n1c(C(=O)N2CCC(F)(F)CC2)cc2cc(OCCCN3CCC[C@H]3C)cnc21. The lowest BCUT2D eigenvalue weighted by Crippen LogP contribution is -2.43. The van der Waals surface area contributed by atoms with E-state index < -0.39 is 5.92 Å². The van der Waals surface area contributed by atoms with E-state index in [1.165, 1.54) is 24.3 Å². The number of nitrogens with zero attached hydrogens (tertiary/aromatic N) is 4. The van der Waals surface area contributed by atoms with Crippen LogP contribution in [0.25, 0.3) is 11.0 Å². The zero-order valence-electron chi connectivity index (χ0n) is 19.3. The van der Waals surface area contributed by atoms with Crippen molar-refractivity contribution in [3.8, 4) is 5.75 Å². The summed E-state index contributed by atoms with van der Waals surface area (Å²) in [6.07, 6.45) is 4.64. The molecule has 8 heteroatoms. The number of amides is 1. The molecule has 0 unspecified atom stereocenters. The Morgan fingerprint density at radius 2 is 2.00 bits per heavy atom. The summed E-state index contributed by atoms with van der Waals surface area (Å²) >= 11 is 0. The van der Waals surface area contributed by atoms with Crippen molar-refractivity contribution in [2.75, 3.05) is 32.8 Å². The number of hydrogen-bond donors (Lipinski definition) is 0. The van der Waals surface area contributed by atoms with E-state index in [1.54, 1.807) is 6.20 Å². The van der Waals surface area contributed by atoms with Gasteiger partial charge in [0.1, 0.15) is 17.1 Å². The van der Waals surface area contributed by atoms with Crippen molar-refractivity contribution < 1.29 is 18.3 Å². The maximum atomic E-state index is 13.5. The van der Waals surface area contributed by atoms with Crippen LogP contribution in [-0.4, -0.2) is 70.0 Å². The smallest absolute Gasteiger partial charge is 0.270 e. The zero-order valence-corrected chi connectivity index (χ0v) is 19.3. The molecule has 2 fully saturated rings. The van der Waals surface area contributed by atoms with Crippen molar-refractivity contribution >= 4 is 16.9 Å². The lowest BCUT2D eigenvalue weighted by atomic mass is 10.1. The summed E-state index contributed by atoms with van der Waals surface area (Å²) in [5.41, 5.74) is 1.21. The van der Waals surface area contributed by atoms with Gasteiger partial charge in [0.05, 0.1) is 12.8 Å². The largest absolute Gasteiger partial charge is 0.492 e. The van der Waals surface area contributed by atoms with Gasteiger partial charge < -0.3 is 19.1 Å². The highest BCUT2D eigenvalue weighted by Crippen LogP contribution is 2.31. The van der Waals surface area contributed by atoms with Gasteiger partial charge in [-0.25, -0.2) is 13.8 Å². The maximum Gasteiger partial charge on any atom is 0.270 e. The molecule has 176 valence electrons. The van der Waals surface area contributed by atoms with Crippen LogP contribution in [0, 0.1) is 0 Å². The predicted molar refractivity (Wildman–Crippen MR) is 121 cm³/mol. The topological polar surface area (TPSA) is 50.6 Å². The summed E-state index contributed by atoms with van der Waals surface area (Å²) in [5.74, 6) is -2.21. The predicted octanol–water partition coefficient (Wildman–Crippen LogP) is 4.74. The Labute approximate surface area is 188 Å². The average Bonchev–Trinajstić information content (AvgIpc) is 3.33. The third-order valence-corrected chi connectivity index (χ3v) is 6.72. The highest BCUT2D eigenvalue weighted by Gasteiger charge is 2.36. The second kappa shape index (κ2) is 9.33. The van der Waals surface area contributed by atoms with Gasteiger partial charge in [-0.3, -0.25) is 4.79 Å². The molecule has 6 nitrogen and oxygen atoms in total. The van der Waals surface area contributed by atoms with Crippen molar-refractivity contribution in [3.05, 3.63) is 24.0 Å². The molecule has 4 rings (SSSR count). The van der Waals surface area contributed by atoms with Crippen LogP contribution in [0.5, 0.6) is 5.75 Å². The molecule has 0 radical (unpaired) electrons. The van der Waals surface area contributed by atoms with Crippen LogP contribution in [0.2, 0.25) is 0 Å². The lowest BCUT2D eigenvalue weighted by Gasteiger charge is -2.32. The van der Waals surface area contributed by atoms with Gasteiger partial charge in [0.15, 0.2) is 0 Å². The van der Waals surface area contributed by atoms with E-state index in [4.69, 9.17) is 4.74 Å². The van der Waals surface area contributed by atoms with Gasteiger partial charge in [-0.1, -0.05) is 0 Å². The maximum absolute atomic E-state index is 13.5. The number of fused-ring (bicyclic) bond motifs is 1. The molecular formula is C24H34F2N4O2. The fraction of sp³-hybridized carbons (Fsp3) is 0.667. The molecule has 2 aliphatic heterocycles. The standard InChI is InChI=1S/C24H34F2N4O2/c1-17(2)30-21(23(31)29-11-7-24(25,26)8-12-29)15-19-14-20(16-27-22(19)30)32-13-5-10-28-9-4-6-18(28)3/h14-18H,4-13H2,1-3H3/t18-/m1/s1. The minimum atomic E-state index is -2.68. The third kappa shape index (κ3) is 4.90. The number of alkyl halides is 2. The zero-order chi connectivity index (χ0) is 22.9. The molecule has 2 aromatic heterocycles. The number of carbonyl (C=O) groups is 1. The van der Waals surface area contributed by atoms with Crippen LogP contribution in [0.3, 0.4) is 0 Å². The summed E-state index contributed by atoms with van der Waals surface area (Å²) < 4.78 is 34.9. The molecule has 4 heterocycles. The summed E-state index contributed by atoms with van der Waals surface area (Å²) in [6.45, 7) is 9.23. The number of rotatable bonds is 7. The van der Waals surface area contributed by atoms with Crippen LogP contribution < -0.4 is 4.74 Å². The summed E-state index contributed by atoms with van der Waals surface area (Å²) in [5, 5.41) is 0.829. The highest BCUT2D eigenvalue weighted by atomic mass is 19.3. The molecule has 0 bridgehead atoms. The Hall–Kier alpha value is -2.22. The molecule has 0 aliphatic carbocycles. The van der Waals surface area contributed by atoms with Crippen LogP contribution in [0.15, 0.2) is 18.3 Å². The van der Waals surface area contributed by atoms with Gasteiger partial charge in [-0.15, -0.1) is 0 Å². The highest BCUT2D eigenvalue weighted by molar-refractivity contribution is 5.98. The Bertz CT molecular complexity index is 949. The van der Waals surface area contributed by atoms with Gasteiger partial charge in [-0.2, -0.15) is 0 Å². The first kappa shape index (κ1) is 23.0.